The van der Waals surface area contributed by atoms with Crippen LogP contribution in [0, 0.1) is 0 Å². The molecule has 0 aliphatic heterocycles. The number of hydrogen-bond acceptors (Lipinski definition) is 1. The van der Waals surface area contributed by atoms with E-state index in [1.165, 1.54) is 16.8 Å². The molecule has 0 atom stereocenters. The van der Waals surface area contributed by atoms with Crippen LogP contribution in [0.4, 0.5) is 0 Å². The van der Waals surface area contributed by atoms with Crippen LogP contribution in [-0.2, 0) is 0 Å². The number of allylic oxidation sites excluding steroid dienone is 6. The van der Waals surface area contributed by atoms with Gasteiger partial charge in [-0.3, -0.25) is 0 Å². The minimum Gasteiger partial charge on any atom is -0.374 e. The maximum Gasteiger partial charge on any atom is 0.0422 e. The number of likely N-dealkylation sites (N-methyl/N-ethyl adjacent to an activating group) is 1. The lowest BCUT2D eigenvalue weighted by molar-refractivity contribution is 0.457. The molecule has 0 unspecified atom stereocenters. The summed E-state index contributed by atoms with van der Waals surface area (Å²) in [6.45, 7) is 7.37. The van der Waals surface area contributed by atoms with Gasteiger partial charge in [0.15, 0.2) is 0 Å². The highest BCUT2D eigenvalue weighted by atomic mass is 15.1. The normalized spacial score (nSPS) is 16.9. The summed E-state index contributed by atoms with van der Waals surface area (Å²) in [6.07, 6.45) is 12.1. The van der Waals surface area contributed by atoms with Crippen LogP contribution in [0.1, 0.15) is 27.2 Å². The molecule has 15 heavy (non-hydrogen) atoms. The van der Waals surface area contributed by atoms with Gasteiger partial charge in [-0.25, -0.2) is 0 Å². The van der Waals surface area contributed by atoms with Crippen LogP contribution in [0.15, 0.2) is 47.2 Å². The molecule has 1 heteroatoms. The van der Waals surface area contributed by atoms with Crippen molar-refractivity contribution in [1.29, 1.82) is 0 Å². The molecule has 0 saturated heterocycles. The van der Waals surface area contributed by atoms with E-state index in [4.69, 9.17) is 0 Å². The van der Waals surface area contributed by atoms with Crippen molar-refractivity contribution in [2.24, 2.45) is 0 Å². The Labute approximate surface area is 93.5 Å². The van der Waals surface area contributed by atoms with E-state index in [-0.39, 0.29) is 0 Å². The van der Waals surface area contributed by atoms with Gasteiger partial charge in [-0.15, -0.1) is 0 Å². The Hall–Kier alpha value is -1.24. The highest BCUT2D eigenvalue weighted by Gasteiger charge is 2.01. The SMILES string of the molecule is CC=C(C)N(C)CC1=CC=C(C)CC=C1. The number of rotatable bonds is 3. The van der Waals surface area contributed by atoms with Gasteiger partial charge in [-0.2, -0.15) is 0 Å². The molecule has 0 saturated carbocycles. The van der Waals surface area contributed by atoms with Gasteiger partial charge in [0.2, 0.25) is 0 Å². The average molecular weight is 203 g/mol. The first-order valence-corrected chi connectivity index (χ1v) is 5.50. The molecule has 0 fully saturated rings. The van der Waals surface area contributed by atoms with E-state index in [0.29, 0.717) is 0 Å². The second-order valence-electron chi connectivity index (χ2n) is 4.15. The average Bonchev–Trinajstić information content (AvgIpc) is 2.42. The van der Waals surface area contributed by atoms with Crippen molar-refractivity contribution in [1.82, 2.24) is 4.90 Å². The summed E-state index contributed by atoms with van der Waals surface area (Å²) in [7, 11) is 2.13. The molecular formula is C14H21N. The first-order chi connectivity index (χ1) is 7.13. The topological polar surface area (TPSA) is 3.24 Å². The van der Waals surface area contributed by atoms with E-state index in [1.54, 1.807) is 0 Å². The lowest BCUT2D eigenvalue weighted by Gasteiger charge is -2.20. The smallest absolute Gasteiger partial charge is 0.0422 e. The quantitative estimate of drug-likeness (QED) is 0.676. The highest BCUT2D eigenvalue weighted by Crippen LogP contribution is 2.12. The maximum atomic E-state index is 2.27. The van der Waals surface area contributed by atoms with Gasteiger partial charge in [0, 0.05) is 19.3 Å². The minimum atomic E-state index is 0.983. The van der Waals surface area contributed by atoms with Crippen LogP contribution in [0.2, 0.25) is 0 Å². The molecule has 0 amide bonds. The Bertz CT molecular complexity index is 329. The van der Waals surface area contributed by atoms with Crippen molar-refractivity contribution in [2.45, 2.75) is 27.2 Å². The fraction of sp³-hybridized carbons (Fsp3) is 0.429. The summed E-state index contributed by atoms with van der Waals surface area (Å²) in [5, 5.41) is 0. The molecule has 0 aromatic rings. The van der Waals surface area contributed by atoms with Gasteiger partial charge in [0.1, 0.15) is 0 Å². The minimum absolute atomic E-state index is 0.983. The lowest BCUT2D eigenvalue weighted by Crippen LogP contribution is -2.18. The Morgan fingerprint density at radius 2 is 2.20 bits per heavy atom. The van der Waals surface area contributed by atoms with E-state index in [0.717, 1.165) is 13.0 Å². The zero-order chi connectivity index (χ0) is 11.3. The summed E-state index contributed by atoms with van der Waals surface area (Å²) in [6, 6.07) is 0. The number of hydrogen-bond donors (Lipinski definition) is 0. The molecule has 0 radical (unpaired) electrons. The molecule has 0 spiro atoms. The van der Waals surface area contributed by atoms with Gasteiger partial charge >= 0.3 is 0 Å². The van der Waals surface area contributed by atoms with E-state index < -0.39 is 0 Å². The highest BCUT2D eigenvalue weighted by molar-refractivity contribution is 5.31. The lowest BCUT2D eigenvalue weighted by atomic mass is 10.2. The van der Waals surface area contributed by atoms with Crippen LogP contribution >= 0.6 is 0 Å². The summed E-state index contributed by atoms with van der Waals surface area (Å²) < 4.78 is 0. The van der Waals surface area contributed by atoms with Crippen LogP contribution in [-0.4, -0.2) is 18.5 Å². The largest absolute Gasteiger partial charge is 0.374 e. The molecule has 82 valence electrons. The van der Waals surface area contributed by atoms with Gasteiger partial charge in [-0.1, -0.05) is 36.0 Å². The van der Waals surface area contributed by atoms with Crippen LogP contribution in [0.25, 0.3) is 0 Å². The Morgan fingerprint density at radius 1 is 1.47 bits per heavy atom. The number of nitrogens with zero attached hydrogens (tertiary/aromatic N) is 1. The molecule has 1 aliphatic rings. The summed E-state index contributed by atoms with van der Waals surface area (Å²) in [4.78, 5) is 2.27. The van der Waals surface area contributed by atoms with E-state index in [2.05, 4.69) is 63.1 Å². The second-order valence-corrected chi connectivity index (χ2v) is 4.15. The van der Waals surface area contributed by atoms with Gasteiger partial charge in [0.05, 0.1) is 0 Å². The molecule has 0 aromatic carbocycles. The van der Waals surface area contributed by atoms with Crippen LogP contribution < -0.4 is 0 Å². The third-order valence-corrected chi connectivity index (χ3v) is 2.79. The zero-order valence-corrected chi connectivity index (χ0v) is 10.2. The molecule has 0 bridgehead atoms. The third kappa shape index (κ3) is 3.78. The van der Waals surface area contributed by atoms with Crippen molar-refractivity contribution in [2.75, 3.05) is 13.6 Å². The molecule has 0 aromatic heterocycles. The molecule has 1 aliphatic carbocycles. The standard InChI is InChI=1S/C14H21N/c1-5-13(3)15(4)11-14-8-6-7-12(2)9-10-14/h5-6,8-10H,7,11H2,1-4H3. The predicted octanol–water partition coefficient (Wildman–Crippen LogP) is 3.67. The van der Waals surface area contributed by atoms with Crippen LogP contribution in [0.3, 0.4) is 0 Å². The Balaban J connectivity index is 2.66. The van der Waals surface area contributed by atoms with Gasteiger partial charge < -0.3 is 4.90 Å². The van der Waals surface area contributed by atoms with Crippen LogP contribution in [0.5, 0.6) is 0 Å². The summed E-state index contributed by atoms with van der Waals surface area (Å²) in [5.74, 6) is 0. The molecule has 1 rings (SSSR count). The van der Waals surface area contributed by atoms with Gasteiger partial charge in [-0.05, 0) is 32.8 Å². The molecule has 0 N–H and O–H groups in total. The first kappa shape index (κ1) is 11.8. The Morgan fingerprint density at radius 3 is 2.87 bits per heavy atom. The fourth-order valence-electron chi connectivity index (χ4n) is 1.49. The molecular weight excluding hydrogens is 182 g/mol. The summed E-state index contributed by atoms with van der Waals surface area (Å²) in [5.41, 5.74) is 4.11. The first-order valence-electron chi connectivity index (χ1n) is 5.50. The maximum absolute atomic E-state index is 2.27. The van der Waals surface area contributed by atoms with Crippen molar-refractivity contribution < 1.29 is 0 Å². The van der Waals surface area contributed by atoms with E-state index >= 15 is 0 Å². The van der Waals surface area contributed by atoms with E-state index in [1.807, 2.05) is 0 Å². The second kappa shape index (κ2) is 5.59. The predicted molar refractivity (Wildman–Crippen MR) is 67.7 cm³/mol. The van der Waals surface area contributed by atoms with Gasteiger partial charge in [0.25, 0.3) is 0 Å². The Kier molecular flexibility index (Phi) is 4.41. The van der Waals surface area contributed by atoms with Crippen molar-refractivity contribution >= 4 is 0 Å². The monoisotopic (exact) mass is 203 g/mol. The van der Waals surface area contributed by atoms with Crippen molar-refractivity contribution in [3.63, 3.8) is 0 Å². The zero-order valence-electron chi connectivity index (χ0n) is 10.2. The van der Waals surface area contributed by atoms with Crippen molar-refractivity contribution in [3.05, 3.63) is 47.2 Å². The third-order valence-electron chi connectivity index (χ3n) is 2.79. The summed E-state index contributed by atoms with van der Waals surface area (Å²) >= 11 is 0. The van der Waals surface area contributed by atoms with Crippen molar-refractivity contribution in [3.8, 4) is 0 Å². The molecule has 1 nitrogen and oxygen atoms in total. The fourth-order valence-corrected chi connectivity index (χ4v) is 1.49. The van der Waals surface area contributed by atoms with E-state index in [9.17, 15) is 0 Å². The molecule has 0 heterocycles.